The highest BCUT2D eigenvalue weighted by molar-refractivity contribution is 7.91. The van der Waals surface area contributed by atoms with E-state index >= 15 is 0 Å². The van der Waals surface area contributed by atoms with Crippen molar-refractivity contribution in [3.63, 3.8) is 0 Å². The maximum atomic E-state index is 13.0. The van der Waals surface area contributed by atoms with Crippen LogP contribution in [0.5, 0.6) is 23.0 Å². The largest absolute Gasteiger partial charge is 0.497 e. The second-order valence-corrected chi connectivity index (χ2v) is 12.5. The zero-order valence-corrected chi connectivity index (χ0v) is 23.1. The summed E-state index contributed by atoms with van der Waals surface area (Å²) in [5.41, 5.74) is 3.77. The third kappa shape index (κ3) is 4.54. The number of benzene rings is 4. The maximum Gasteiger partial charge on any atom is 0.206 e. The summed E-state index contributed by atoms with van der Waals surface area (Å²) < 4.78 is 42.7. The molecule has 1 aliphatic rings. The molecule has 0 fully saturated rings. The highest BCUT2D eigenvalue weighted by atomic mass is 32.2. The molecule has 5 rings (SSSR count). The molecule has 0 aromatic heterocycles. The van der Waals surface area contributed by atoms with Crippen molar-refractivity contribution in [3.8, 4) is 23.0 Å². The topological polar surface area (TPSA) is 61.8 Å². The van der Waals surface area contributed by atoms with Crippen molar-refractivity contribution >= 4 is 9.84 Å². The molecule has 0 bridgehead atoms. The molecule has 6 heteroatoms. The maximum absolute atomic E-state index is 13.0. The van der Waals surface area contributed by atoms with Gasteiger partial charge in [0.15, 0.2) is 0 Å². The van der Waals surface area contributed by atoms with Crippen LogP contribution >= 0.6 is 0 Å². The van der Waals surface area contributed by atoms with E-state index in [9.17, 15) is 8.42 Å². The molecule has 4 aromatic carbocycles. The molecule has 38 heavy (non-hydrogen) atoms. The molecular formula is C32H32O5S. The van der Waals surface area contributed by atoms with Crippen LogP contribution in [0.1, 0.15) is 43.9 Å². The van der Waals surface area contributed by atoms with E-state index in [1.54, 1.807) is 62.8 Å². The van der Waals surface area contributed by atoms with Crippen molar-refractivity contribution in [2.45, 2.75) is 47.8 Å². The molecule has 0 saturated carbocycles. The van der Waals surface area contributed by atoms with Crippen LogP contribution in [0.15, 0.2) is 101 Å². The van der Waals surface area contributed by atoms with Crippen LogP contribution < -0.4 is 14.2 Å². The average molecular weight is 529 g/mol. The Morgan fingerprint density at radius 1 is 0.605 bits per heavy atom. The van der Waals surface area contributed by atoms with Crippen molar-refractivity contribution in [1.29, 1.82) is 0 Å². The van der Waals surface area contributed by atoms with E-state index in [-0.39, 0.29) is 20.6 Å². The first kappa shape index (κ1) is 25.9. The fourth-order valence-corrected chi connectivity index (χ4v) is 6.89. The Bertz CT molecular complexity index is 1550. The van der Waals surface area contributed by atoms with Gasteiger partial charge in [-0.05, 0) is 101 Å². The molecule has 0 unspecified atom stereocenters. The summed E-state index contributed by atoms with van der Waals surface area (Å²) in [6, 6.07) is 27.4. The fraction of sp³-hybridized carbons (Fsp3) is 0.250. The lowest BCUT2D eigenvalue weighted by Crippen LogP contribution is -2.23. The van der Waals surface area contributed by atoms with E-state index in [0.29, 0.717) is 17.2 Å². The lowest BCUT2D eigenvalue weighted by Gasteiger charge is -2.28. The van der Waals surface area contributed by atoms with Crippen LogP contribution in [0.3, 0.4) is 0 Å². The van der Waals surface area contributed by atoms with E-state index in [1.165, 1.54) is 16.7 Å². The summed E-state index contributed by atoms with van der Waals surface area (Å²) in [7, 11) is -0.390. The average Bonchev–Trinajstić information content (AvgIpc) is 3.14. The van der Waals surface area contributed by atoms with Crippen molar-refractivity contribution in [2.24, 2.45) is 0 Å². The highest BCUT2D eigenvalue weighted by Gasteiger charge is 2.45. The van der Waals surface area contributed by atoms with Crippen LogP contribution in [-0.2, 0) is 20.7 Å². The first-order valence-corrected chi connectivity index (χ1v) is 14.0. The number of methoxy groups -OCH3 is 2. The minimum absolute atomic E-state index is 0.0550. The molecule has 0 spiro atoms. The van der Waals surface area contributed by atoms with E-state index in [2.05, 4.69) is 45.0 Å². The molecule has 0 saturated heterocycles. The predicted molar refractivity (Wildman–Crippen MR) is 148 cm³/mol. The van der Waals surface area contributed by atoms with Crippen molar-refractivity contribution < 1.29 is 22.6 Å². The first-order chi connectivity index (χ1) is 18.1. The Morgan fingerprint density at radius 3 is 1.61 bits per heavy atom. The summed E-state index contributed by atoms with van der Waals surface area (Å²) in [5, 5.41) is 0. The zero-order valence-electron chi connectivity index (χ0n) is 22.3. The van der Waals surface area contributed by atoms with Gasteiger partial charge in [-0.3, -0.25) is 0 Å². The molecule has 5 nitrogen and oxygen atoms in total. The van der Waals surface area contributed by atoms with E-state index in [4.69, 9.17) is 14.2 Å². The number of rotatable bonds is 7. The van der Waals surface area contributed by atoms with Gasteiger partial charge in [0.2, 0.25) is 9.84 Å². The third-order valence-corrected chi connectivity index (χ3v) is 9.36. The Labute approximate surface area is 224 Å². The van der Waals surface area contributed by atoms with Crippen molar-refractivity contribution in [2.75, 3.05) is 14.2 Å². The van der Waals surface area contributed by atoms with Crippen LogP contribution in [-0.4, -0.2) is 22.6 Å². The van der Waals surface area contributed by atoms with Crippen molar-refractivity contribution in [1.82, 2.24) is 0 Å². The molecule has 196 valence electrons. The van der Waals surface area contributed by atoms with Crippen LogP contribution in [0, 0.1) is 0 Å². The summed E-state index contributed by atoms with van der Waals surface area (Å²) in [4.78, 5) is 0.418. The Hall–Kier alpha value is -3.77. The quantitative estimate of drug-likeness (QED) is 0.252. The first-order valence-electron chi connectivity index (χ1n) is 12.5. The van der Waals surface area contributed by atoms with Gasteiger partial charge in [0.1, 0.15) is 23.0 Å². The Balaban J connectivity index is 1.35. The molecule has 0 heterocycles. The molecule has 4 aromatic rings. The van der Waals surface area contributed by atoms with Crippen LogP contribution in [0.4, 0.5) is 0 Å². The predicted octanol–water partition coefficient (Wildman–Crippen LogP) is 7.32. The number of hydrogen-bond acceptors (Lipinski definition) is 5. The smallest absolute Gasteiger partial charge is 0.206 e. The number of fused-ring (bicyclic) bond motifs is 1. The number of ether oxygens (including phenoxy) is 3. The monoisotopic (exact) mass is 528 g/mol. The van der Waals surface area contributed by atoms with Gasteiger partial charge in [-0.2, -0.15) is 0 Å². The Kier molecular flexibility index (Phi) is 6.48. The van der Waals surface area contributed by atoms with Gasteiger partial charge in [-0.15, -0.1) is 0 Å². The molecule has 0 N–H and O–H groups in total. The lowest BCUT2D eigenvalue weighted by molar-refractivity contribution is 0.411. The van der Waals surface area contributed by atoms with Gasteiger partial charge in [0.25, 0.3) is 0 Å². The Morgan fingerprint density at radius 2 is 1.08 bits per heavy atom. The fourth-order valence-electron chi connectivity index (χ4n) is 5.63. The van der Waals surface area contributed by atoms with E-state index < -0.39 is 9.84 Å². The lowest BCUT2D eigenvalue weighted by atomic mass is 9.75. The van der Waals surface area contributed by atoms with Gasteiger partial charge in [-0.25, -0.2) is 8.42 Å². The highest BCUT2D eigenvalue weighted by Crippen LogP contribution is 2.53. The zero-order chi connectivity index (χ0) is 27.1. The van der Waals surface area contributed by atoms with Crippen molar-refractivity contribution in [3.05, 3.63) is 108 Å². The molecule has 0 radical (unpaired) electrons. The van der Waals surface area contributed by atoms with Gasteiger partial charge in [0.05, 0.1) is 24.0 Å². The third-order valence-electron chi connectivity index (χ3n) is 7.58. The summed E-state index contributed by atoms with van der Waals surface area (Å²) in [5.74, 6) is 2.72. The second-order valence-electron chi connectivity index (χ2n) is 10.6. The molecular weight excluding hydrogens is 496 g/mol. The van der Waals surface area contributed by atoms with E-state index in [0.717, 1.165) is 12.2 Å². The molecule has 0 amide bonds. The van der Waals surface area contributed by atoms with Gasteiger partial charge >= 0.3 is 0 Å². The van der Waals surface area contributed by atoms with Crippen LogP contribution in [0.25, 0.3) is 0 Å². The SMILES string of the molecule is COc1ccc(S(=O)(=O)c2ccc(Oc3ccc([C@]4(C)CC(C)(C)c5ccc(OC)cc54)cc3)cc2)cc1. The summed E-state index contributed by atoms with van der Waals surface area (Å²) in [6.45, 7) is 6.87. The van der Waals surface area contributed by atoms with E-state index in [1.807, 2.05) is 18.2 Å². The summed E-state index contributed by atoms with van der Waals surface area (Å²) >= 11 is 0. The minimum Gasteiger partial charge on any atom is -0.497 e. The minimum atomic E-state index is -3.63. The van der Waals surface area contributed by atoms with Crippen LogP contribution in [0.2, 0.25) is 0 Å². The normalized spacial score (nSPS) is 18.0. The second kappa shape index (κ2) is 9.52. The standard InChI is InChI=1S/C32H32O5S/c1-31(2)21-32(3,30-20-26(36-5)14-19-29(30)31)22-6-8-24(9-7-22)37-25-12-17-28(18-13-25)38(33,34)27-15-10-23(35-4)11-16-27/h6-20H,21H2,1-5H3/t32-/m0/s1. The molecule has 1 atom stereocenters. The van der Waals surface area contributed by atoms with Gasteiger partial charge in [0, 0.05) is 5.41 Å². The number of sulfone groups is 1. The molecule has 1 aliphatic carbocycles. The number of hydrogen-bond donors (Lipinski definition) is 0. The van der Waals surface area contributed by atoms with Gasteiger partial charge < -0.3 is 14.2 Å². The van der Waals surface area contributed by atoms with Gasteiger partial charge in [-0.1, -0.05) is 39.0 Å². The summed E-state index contributed by atoms with van der Waals surface area (Å²) in [6.07, 6.45) is 0.993. The molecule has 0 aliphatic heterocycles.